The average Bonchev–Trinajstić information content (AvgIpc) is 3.33. The van der Waals surface area contributed by atoms with Crippen molar-refractivity contribution in [2.45, 2.75) is 17.8 Å². The number of allylic oxidation sites excluding steroid dienone is 1. The van der Waals surface area contributed by atoms with E-state index in [1.807, 2.05) is 0 Å². The molecule has 1 aliphatic rings. The fourth-order valence-electron chi connectivity index (χ4n) is 3.24. The van der Waals surface area contributed by atoms with Crippen molar-refractivity contribution in [3.8, 4) is 0 Å². The SMILES string of the molecule is O=C(Cc1cccs1)NC(C(=O)O)C1NC(C(=O)O)=C(/C=C/c2ccc([N+](=O)[O-])cc2[N+](=O)[O-])CS1. The quantitative estimate of drug-likeness (QED) is 0.257. The third-order valence-corrected chi connectivity index (χ3v) is 7.03. The minimum Gasteiger partial charge on any atom is -0.480 e. The van der Waals surface area contributed by atoms with E-state index < -0.39 is 50.5 Å². The number of nitrogens with one attached hydrogen (secondary N) is 2. The Balaban J connectivity index is 1.82. The Hall–Kier alpha value is -4.24. The normalized spacial score (nSPS) is 16.3. The molecule has 0 saturated heterocycles. The third-order valence-electron chi connectivity index (χ3n) is 4.93. The Morgan fingerprint density at radius 1 is 1.17 bits per heavy atom. The fourth-order valence-corrected chi connectivity index (χ4v) is 5.12. The summed E-state index contributed by atoms with van der Waals surface area (Å²) in [5, 5.41) is 47.3. The summed E-state index contributed by atoms with van der Waals surface area (Å²) in [6.45, 7) is 0. The third kappa shape index (κ3) is 6.45. The number of aliphatic carboxylic acids is 2. The van der Waals surface area contributed by atoms with Crippen molar-refractivity contribution in [1.82, 2.24) is 10.6 Å². The summed E-state index contributed by atoms with van der Waals surface area (Å²) >= 11 is 2.37. The molecule has 3 rings (SSSR count). The molecule has 0 saturated carbocycles. The molecular weight excluding hydrogens is 516 g/mol. The molecule has 188 valence electrons. The molecule has 13 nitrogen and oxygen atoms in total. The van der Waals surface area contributed by atoms with Gasteiger partial charge in [-0.15, -0.1) is 23.1 Å². The first kappa shape index (κ1) is 26.4. The summed E-state index contributed by atoms with van der Waals surface area (Å²) in [6, 6.07) is 5.10. The maximum atomic E-state index is 12.3. The number of carboxylic acid groups (broad SMARTS) is 2. The molecule has 0 aliphatic carbocycles. The lowest BCUT2D eigenvalue weighted by Gasteiger charge is -2.30. The molecule has 2 unspecified atom stereocenters. The summed E-state index contributed by atoms with van der Waals surface area (Å²) in [7, 11) is 0. The van der Waals surface area contributed by atoms with Gasteiger partial charge < -0.3 is 20.8 Å². The van der Waals surface area contributed by atoms with Crippen LogP contribution in [0.2, 0.25) is 0 Å². The highest BCUT2D eigenvalue weighted by atomic mass is 32.2. The molecule has 4 N–H and O–H groups in total. The Morgan fingerprint density at radius 2 is 1.92 bits per heavy atom. The largest absolute Gasteiger partial charge is 0.480 e. The summed E-state index contributed by atoms with van der Waals surface area (Å²) < 4.78 is 0. The number of thiophene rings is 1. The molecule has 0 spiro atoms. The first-order chi connectivity index (χ1) is 17.1. The zero-order chi connectivity index (χ0) is 26.4. The summed E-state index contributed by atoms with van der Waals surface area (Å²) in [5.74, 6) is -3.28. The van der Waals surface area contributed by atoms with Crippen molar-refractivity contribution < 1.29 is 34.4 Å². The number of rotatable bonds is 10. The first-order valence-electron chi connectivity index (χ1n) is 10.1. The van der Waals surface area contributed by atoms with Gasteiger partial charge in [-0.05, 0) is 29.2 Å². The molecule has 1 aliphatic heterocycles. The van der Waals surface area contributed by atoms with Crippen LogP contribution in [0.4, 0.5) is 11.4 Å². The van der Waals surface area contributed by atoms with Crippen LogP contribution in [-0.2, 0) is 20.8 Å². The number of amides is 1. The van der Waals surface area contributed by atoms with E-state index in [0.29, 0.717) is 0 Å². The maximum absolute atomic E-state index is 12.3. The van der Waals surface area contributed by atoms with Crippen LogP contribution in [0.5, 0.6) is 0 Å². The monoisotopic (exact) mass is 534 g/mol. The summed E-state index contributed by atoms with van der Waals surface area (Å²) in [5.41, 5.74) is -1.13. The van der Waals surface area contributed by atoms with Crippen LogP contribution >= 0.6 is 23.1 Å². The Bertz CT molecular complexity index is 1270. The van der Waals surface area contributed by atoms with Gasteiger partial charge in [0.1, 0.15) is 11.1 Å². The van der Waals surface area contributed by atoms with Gasteiger partial charge in [0.05, 0.1) is 27.9 Å². The van der Waals surface area contributed by atoms with Gasteiger partial charge >= 0.3 is 11.9 Å². The number of nitro benzene ring substituents is 2. The van der Waals surface area contributed by atoms with Crippen molar-refractivity contribution in [3.05, 3.63) is 83.7 Å². The van der Waals surface area contributed by atoms with E-state index in [1.54, 1.807) is 17.5 Å². The van der Waals surface area contributed by atoms with Gasteiger partial charge in [0.15, 0.2) is 6.04 Å². The van der Waals surface area contributed by atoms with E-state index >= 15 is 0 Å². The second-order valence-corrected chi connectivity index (χ2v) is 9.47. The van der Waals surface area contributed by atoms with Gasteiger partial charge in [-0.25, -0.2) is 9.59 Å². The second kappa shape index (κ2) is 11.5. The van der Waals surface area contributed by atoms with Crippen LogP contribution in [0.15, 0.2) is 53.1 Å². The van der Waals surface area contributed by atoms with Crippen molar-refractivity contribution >= 4 is 58.4 Å². The number of carboxylic acids is 2. The predicted octanol–water partition coefficient (Wildman–Crippen LogP) is 2.39. The minimum absolute atomic E-state index is 0.0132. The van der Waals surface area contributed by atoms with Crippen LogP contribution < -0.4 is 10.6 Å². The molecule has 1 aromatic carbocycles. The van der Waals surface area contributed by atoms with E-state index in [2.05, 4.69) is 10.6 Å². The molecule has 36 heavy (non-hydrogen) atoms. The van der Waals surface area contributed by atoms with Crippen molar-refractivity contribution in [2.24, 2.45) is 0 Å². The topological polar surface area (TPSA) is 202 Å². The lowest BCUT2D eigenvalue weighted by molar-refractivity contribution is -0.394. The molecule has 1 amide bonds. The van der Waals surface area contributed by atoms with Crippen LogP contribution in [0, 0.1) is 20.2 Å². The van der Waals surface area contributed by atoms with Crippen LogP contribution in [-0.4, -0.2) is 55.1 Å². The van der Waals surface area contributed by atoms with E-state index in [-0.39, 0.29) is 29.0 Å². The minimum atomic E-state index is -1.43. The highest BCUT2D eigenvalue weighted by Gasteiger charge is 2.35. The highest BCUT2D eigenvalue weighted by Crippen LogP contribution is 2.29. The van der Waals surface area contributed by atoms with E-state index in [4.69, 9.17) is 0 Å². The number of hydrogen-bond donors (Lipinski definition) is 4. The Kier molecular flexibility index (Phi) is 8.39. The fraction of sp³-hybridized carbons (Fsp3) is 0.190. The zero-order valence-electron chi connectivity index (χ0n) is 18.2. The first-order valence-corrected chi connectivity index (χ1v) is 12.0. The van der Waals surface area contributed by atoms with Crippen molar-refractivity contribution in [3.63, 3.8) is 0 Å². The van der Waals surface area contributed by atoms with Gasteiger partial charge in [0.2, 0.25) is 5.91 Å². The number of hydrogen-bond acceptors (Lipinski definition) is 10. The van der Waals surface area contributed by atoms with Crippen molar-refractivity contribution in [2.75, 3.05) is 5.75 Å². The van der Waals surface area contributed by atoms with Gasteiger partial charge in [0.25, 0.3) is 11.4 Å². The lowest BCUT2D eigenvalue weighted by Crippen LogP contribution is -2.54. The van der Waals surface area contributed by atoms with Crippen LogP contribution in [0.3, 0.4) is 0 Å². The average molecular weight is 535 g/mol. The van der Waals surface area contributed by atoms with Crippen molar-refractivity contribution in [1.29, 1.82) is 0 Å². The van der Waals surface area contributed by atoms with Gasteiger partial charge in [0, 0.05) is 16.7 Å². The summed E-state index contributed by atoms with van der Waals surface area (Å²) in [6.07, 6.45) is 2.53. The highest BCUT2D eigenvalue weighted by molar-refractivity contribution is 8.00. The smallest absolute Gasteiger partial charge is 0.352 e. The maximum Gasteiger partial charge on any atom is 0.352 e. The molecule has 0 bridgehead atoms. The van der Waals surface area contributed by atoms with Crippen LogP contribution in [0.1, 0.15) is 10.4 Å². The number of thioether (sulfide) groups is 1. The molecule has 0 fully saturated rings. The van der Waals surface area contributed by atoms with E-state index in [0.717, 1.165) is 28.8 Å². The number of nitrogens with zero attached hydrogens (tertiary/aromatic N) is 2. The van der Waals surface area contributed by atoms with Gasteiger partial charge in [-0.1, -0.05) is 12.1 Å². The summed E-state index contributed by atoms with van der Waals surface area (Å²) in [4.78, 5) is 57.4. The Morgan fingerprint density at radius 3 is 2.50 bits per heavy atom. The number of non-ortho nitro benzene ring substituents is 1. The van der Waals surface area contributed by atoms with Gasteiger partial charge in [-0.2, -0.15) is 0 Å². The number of benzene rings is 1. The second-order valence-electron chi connectivity index (χ2n) is 7.31. The molecule has 2 aromatic rings. The zero-order valence-corrected chi connectivity index (χ0v) is 19.8. The molecule has 2 heterocycles. The van der Waals surface area contributed by atoms with Crippen LogP contribution in [0.25, 0.3) is 6.08 Å². The molecular formula is C21H18N4O9S2. The Labute approximate surface area is 210 Å². The lowest BCUT2D eigenvalue weighted by atomic mass is 10.1. The number of carbonyl (C=O) groups excluding carboxylic acids is 1. The van der Waals surface area contributed by atoms with Gasteiger partial charge in [-0.3, -0.25) is 25.0 Å². The predicted molar refractivity (Wildman–Crippen MR) is 130 cm³/mol. The van der Waals surface area contributed by atoms with E-state index in [1.165, 1.54) is 29.6 Å². The molecule has 1 aromatic heterocycles. The number of nitro groups is 2. The number of carbonyl (C=O) groups is 3. The standard InChI is InChI=1S/C21H18N4O9S2/c26-16(9-14-2-1-7-35-14)22-18(21(29)30)19-23-17(20(27)28)12(10-36-19)4-3-11-5-6-13(24(31)32)8-15(11)25(33)34/h1-8,18-19,23H,9-10H2,(H,22,26)(H,27,28)(H,29,30)/b4-3+. The molecule has 0 radical (unpaired) electrons. The molecule has 2 atom stereocenters. The molecule has 15 heteroatoms. The van der Waals surface area contributed by atoms with E-state index in [9.17, 15) is 44.8 Å².